The second-order valence-electron chi connectivity index (χ2n) is 3.74. The lowest BCUT2D eigenvalue weighted by molar-refractivity contribution is -0.508. The molecule has 0 rings (SSSR count). The van der Waals surface area contributed by atoms with Crippen LogP contribution >= 0.6 is 0 Å². The Bertz CT molecular complexity index is 406. The second-order valence-corrected chi connectivity index (χ2v) is 3.74. The third-order valence-corrected chi connectivity index (χ3v) is 2.47. The van der Waals surface area contributed by atoms with Crippen molar-refractivity contribution >= 4 is 11.9 Å². The Morgan fingerprint density at radius 3 is 2.47 bits per heavy atom. The maximum atomic E-state index is 10.8. The molecule has 0 aliphatic rings. The lowest BCUT2D eigenvalue weighted by atomic mass is 10.0. The Morgan fingerprint density at radius 1 is 1.53 bits per heavy atom. The molecule has 0 saturated heterocycles. The van der Waals surface area contributed by atoms with Crippen LogP contribution < -0.4 is 5.32 Å². The van der Waals surface area contributed by atoms with E-state index in [9.17, 15) is 24.6 Å². The smallest absolute Gasteiger partial charge is 0.394 e. The minimum Gasteiger partial charge on any atom is -0.474 e. The summed E-state index contributed by atoms with van der Waals surface area (Å²) in [5.41, 5.74) is 0.388. The monoisotopic (exact) mass is 273 g/mol. The van der Waals surface area contributed by atoms with Crippen molar-refractivity contribution in [3.05, 3.63) is 26.7 Å². The summed E-state index contributed by atoms with van der Waals surface area (Å²) in [6.45, 7) is 2.74. The first kappa shape index (κ1) is 16.7. The largest absolute Gasteiger partial charge is 0.474 e. The maximum Gasteiger partial charge on any atom is 0.394 e. The lowest BCUT2D eigenvalue weighted by Gasteiger charge is -2.10. The number of nitro groups is 1. The van der Waals surface area contributed by atoms with Gasteiger partial charge in [0, 0.05) is 24.0 Å². The van der Waals surface area contributed by atoms with Crippen LogP contribution in [0.1, 0.15) is 20.3 Å². The average molecular weight is 273 g/mol. The number of amides is 1. The van der Waals surface area contributed by atoms with E-state index in [1.54, 1.807) is 6.92 Å². The molecule has 0 aromatic carbocycles. The van der Waals surface area contributed by atoms with Crippen molar-refractivity contribution in [2.24, 2.45) is 5.18 Å². The Hall–Kier alpha value is -2.32. The van der Waals surface area contributed by atoms with Gasteiger partial charge in [-0.2, -0.15) is 4.91 Å². The van der Waals surface area contributed by atoms with Crippen molar-refractivity contribution in [3.63, 3.8) is 0 Å². The van der Waals surface area contributed by atoms with E-state index >= 15 is 0 Å². The zero-order chi connectivity index (χ0) is 15.0. The van der Waals surface area contributed by atoms with E-state index in [2.05, 4.69) is 5.18 Å². The van der Waals surface area contributed by atoms with Crippen molar-refractivity contribution in [2.45, 2.75) is 32.4 Å². The Labute approximate surface area is 108 Å². The van der Waals surface area contributed by atoms with Crippen LogP contribution in [0.4, 0.5) is 0 Å². The third kappa shape index (κ3) is 5.70. The SMILES string of the molecule is CCC(=CC(CNC(=O)C(=O)O)N=O)C(C)[N+](=O)[O-]. The summed E-state index contributed by atoms with van der Waals surface area (Å²) in [6, 6.07) is -2.01. The molecule has 0 saturated carbocycles. The van der Waals surface area contributed by atoms with Crippen molar-refractivity contribution in [3.8, 4) is 0 Å². The lowest BCUT2D eigenvalue weighted by Crippen LogP contribution is -2.35. The van der Waals surface area contributed by atoms with Crippen molar-refractivity contribution in [1.29, 1.82) is 0 Å². The molecule has 1 amide bonds. The molecule has 0 heterocycles. The highest BCUT2D eigenvalue weighted by molar-refractivity contribution is 6.31. The molecule has 2 unspecified atom stereocenters. The number of hydrogen-bond donors (Lipinski definition) is 2. The number of carbonyl (C=O) groups excluding carboxylic acids is 1. The second kappa shape index (κ2) is 7.90. The highest BCUT2D eigenvalue weighted by atomic mass is 16.6. The van der Waals surface area contributed by atoms with Crippen LogP contribution in [0.5, 0.6) is 0 Å². The van der Waals surface area contributed by atoms with Gasteiger partial charge in [0.25, 0.3) is 0 Å². The average Bonchev–Trinajstić information content (AvgIpc) is 2.37. The summed E-state index contributed by atoms with van der Waals surface area (Å²) in [6.07, 6.45) is 1.63. The molecule has 9 heteroatoms. The summed E-state index contributed by atoms with van der Waals surface area (Å²) < 4.78 is 0. The molecule has 0 bridgehead atoms. The van der Waals surface area contributed by atoms with E-state index in [0.29, 0.717) is 12.0 Å². The number of hydrogen-bond acceptors (Lipinski definition) is 6. The van der Waals surface area contributed by atoms with E-state index in [-0.39, 0.29) is 6.54 Å². The van der Waals surface area contributed by atoms with Crippen LogP contribution in [0, 0.1) is 15.0 Å². The number of nitrogens with zero attached hydrogens (tertiary/aromatic N) is 2. The highest BCUT2D eigenvalue weighted by Gasteiger charge is 2.20. The van der Waals surface area contributed by atoms with Gasteiger partial charge in [0.1, 0.15) is 6.04 Å². The quantitative estimate of drug-likeness (QED) is 0.225. The maximum absolute atomic E-state index is 10.8. The molecule has 0 aliphatic carbocycles. The molecule has 106 valence electrons. The summed E-state index contributed by atoms with van der Waals surface area (Å²) in [7, 11) is 0. The number of rotatable bonds is 7. The molecular formula is C10H15N3O6. The number of carboxylic acid groups (broad SMARTS) is 1. The Balaban J connectivity index is 4.76. The number of aliphatic carboxylic acids is 1. The van der Waals surface area contributed by atoms with Gasteiger partial charge in [0.2, 0.25) is 6.04 Å². The van der Waals surface area contributed by atoms with Crippen LogP contribution in [0.3, 0.4) is 0 Å². The first-order valence-electron chi connectivity index (χ1n) is 5.51. The van der Waals surface area contributed by atoms with Crippen LogP contribution in [0.15, 0.2) is 16.8 Å². The molecule has 0 fully saturated rings. The predicted molar refractivity (Wildman–Crippen MR) is 65.1 cm³/mol. The van der Waals surface area contributed by atoms with Gasteiger partial charge in [-0.3, -0.25) is 14.9 Å². The van der Waals surface area contributed by atoms with Crippen molar-refractivity contribution < 1.29 is 19.6 Å². The fourth-order valence-corrected chi connectivity index (χ4v) is 1.33. The van der Waals surface area contributed by atoms with Gasteiger partial charge in [-0.15, -0.1) is 0 Å². The van der Waals surface area contributed by atoms with E-state index in [4.69, 9.17) is 5.11 Å². The molecular weight excluding hydrogens is 258 g/mol. The van der Waals surface area contributed by atoms with Crippen LogP contribution in [-0.4, -0.2) is 40.5 Å². The molecule has 0 aromatic heterocycles. The number of carboxylic acids is 1. The predicted octanol–water partition coefficient (Wildman–Crippen LogP) is 0.324. The van der Waals surface area contributed by atoms with Crippen LogP contribution in [-0.2, 0) is 9.59 Å². The molecule has 0 radical (unpaired) electrons. The Morgan fingerprint density at radius 2 is 2.11 bits per heavy atom. The summed E-state index contributed by atoms with van der Waals surface area (Å²) in [5, 5.41) is 23.6. The van der Waals surface area contributed by atoms with Gasteiger partial charge in [0.15, 0.2) is 0 Å². The number of nitrogens with one attached hydrogen (secondary N) is 1. The molecule has 0 aliphatic heterocycles. The number of carbonyl (C=O) groups is 2. The van der Waals surface area contributed by atoms with Crippen LogP contribution in [0.25, 0.3) is 0 Å². The molecule has 0 spiro atoms. The zero-order valence-electron chi connectivity index (χ0n) is 10.5. The minimum atomic E-state index is -1.68. The Kier molecular flexibility index (Phi) is 6.94. The van der Waals surface area contributed by atoms with Gasteiger partial charge >= 0.3 is 11.9 Å². The standard InChI is InChI=1S/C10H15N3O6/c1-3-7(6(2)13(18)19)4-8(12-17)5-11-9(14)10(15)16/h4,6,8H,3,5H2,1-2H3,(H,11,14)(H,15,16). The van der Waals surface area contributed by atoms with Gasteiger partial charge in [0.05, 0.1) is 0 Å². The summed E-state index contributed by atoms with van der Waals surface area (Å²) >= 11 is 0. The normalized spacial score (nSPS) is 14.3. The fourth-order valence-electron chi connectivity index (χ4n) is 1.33. The highest BCUT2D eigenvalue weighted by Crippen LogP contribution is 2.12. The van der Waals surface area contributed by atoms with Gasteiger partial charge < -0.3 is 10.4 Å². The molecule has 9 nitrogen and oxygen atoms in total. The molecule has 2 atom stereocenters. The van der Waals surface area contributed by atoms with E-state index in [1.165, 1.54) is 13.0 Å². The molecule has 0 aromatic rings. The van der Waals surface area contributed by atoms with E-state index in [0.717, 1.165) is 0 Å². The number of nitroso groups, excluding NO2 is 1. The minimum absolute atomic E-state index is 0.317. The molecule has 19 heavy (non-hydrogen) atoms. The summed E-state index contributed by atoms with van der Waals surface area (Å²) in [5.74, 6) is -2.94. The van der Waals surface area contributed by atoms with E-state index < -0.39 is 28.9 Å². The summed E-state index contributed by atoms with van der Waals surface area (Å²) in [4.78, 5) is 41.7. The van der Waals surface area contributed by atoms with Gasteiger partial charge in [-0.1, -0.05) is 12.1 Å². The fraction of sp³-hybridized carbons (Fsp3) is 0.600. The zero-order valence-corrected chi connectivity index (χ0v) is 10.5. The van der Waals surface area contributed by atoms with Gasteiger partial charge in [-0.05, 0) is 12.5 Å². The van der Waals surface area contributed by atoms with Gasteiger partial charge in [-0.25, -0.2) is 4.79 Å². The first-order chi connectivity index (χ1) is 8.83. The first-order valence-corrected chi connectivity index (χ1v) is 5.51. The third-order valence-electron chi connectivity index (χ3n) is 2.47. The van der Waals surface area contributed by atoms with Crippen molar-refractivity contribution in [2.75, 3.05) is 6.54 Å². The van der Waals surface area contributed by atoms with Crippen molar-refractivity contribution in [1.82, 2.24) is 5.32 Å². The topological polar surface area (TPSA) is 139 Å². The van der Waals surface area contributed by atoms with Crippen LogP contribution in [0.2, 0.25) is 0 Å². The molecule has 2 N–H and O–H groups in total. The van der Waals surface area contributed by atoms with E-state index in [1.807, 2.05) is 5.32 Å².